The van der Waals surface area contributed by atoms with Gasteiger partial charge >= 0.3 is 0 Å². The first-order valence-electron chi connectivity index (χ1n) is 8.59. The van der Waals surface area contributed by atoms with Gasteiger partial charge in [-0.2, -0.15) is 15.0 Å². The molecule has 4 rings (SSSR count). The quantitative estimate of drug-likeness (QED) is 0.584. The average Bonchev–Trinajstić information content (AvgIpc) is 3.13. The second-order valence-corrected chi connectivity index (χ2v) is 6.13. The lowest BCUT2D eigenvalue weighted by atomic mass is 10.0. The Labute approximate surface area is 152 Å². The molecule has 3 aromatic carbocycles. The Morgan fingerprint density at radius 3 is 1.88 bits per heavy atom. The number of fused-ring (bicyclic) bond motifs is 1. The third-order valence-corrected chi connectivity index (χ3v) is 4.32. The second kappa shape index (κ2) is 7.33. The van der Waals surface area contributed by atoms with Crippen molar-refractivity contribution in [3.63, 3.8) is 0 Å². The highest BCUT2D eigenvalue weighted by Gasteiger charge is 2.22. The molecule has 26 heavy (non-hydrogen) atoms. The summed E-state index contributed by atoms with van der Waals surface area (Å²) in [5, 5.41) is 20.1. The van der Waals surface area contributed by atoms with Crippen LogP contribution in [-0.4, -0.2) is 20.1 Å². The van der Waals surface area contributed by atoms with Crippen LogP contribution in [0.25, 0.3) is 17.1 Å². The fourth-order valence-corrected chi connectivity index (χ4v) is 2.94. The number of aliphatic hydroxyl groups excluding tert-OH is 1. The number of rotatable bonds is 5. The molecule has 4 nitrogen and oxygen atoms in total. The van der Waals surface area contributed by atoms with Gasteiger partial charge in [0.25, 0.3) is 0 Å². The van der Waals surface area contributed by atoms with Crippen molar-refractivity contribution in [1.29, 1.82) is 0 Å². The maximum absolute atomic E-state index is 11.0. The summed E-state index contributed by atoms with van der Waals surface area (Å²) in [4.78, 5) is 1.60. The van der Waals surface area contributed by atoms with Crippen LogP contribution in [0, 0.1) is 0 Å². The molecule has 0 radical (unpaired) electrons. The monoisotopic (exact) mass is 341 g/mol. The minimum atomic E-state index is -0.752. The average molecular weight is 341 g/mol. The Morgan fingerprint density at radius 1 is 0.731 bits per heavy atom. The van der Waals surface area contributed by atoms with Gasteiger partial charge in [-0.05, 0) is 23.3 Å². The lowest BCUT2D eigenvalue weighted by Crippen LogP contribution is -2.18. The number of aromatic nitrogens is 3. The topological polar surface area (TPSA) is 50.9 Å². The predicted octanol–water partition coefficient (Wildman–Crippen LogP) is 4.42. The summed E-state index contributed by atoms with van der Waals surface area (Å²) in [5.74, 6) is 0. The van der Waals surface area contributed by atoms with Crippen molar-refractivity contribution in [3.8, 4) is 0 Å². The smallest absolute Gasteiger partial charge is 0.120 e. The van der Waals surface area contributed by atoms with Crippen LogP contribution >= 0.6 is 0 Å². The van der Waals surface area contributed by atoms with E-state index >= 15 is 0 Å². The first-order chi connectivity index (χ1) is 12.8. The minimum absolute atomic E-state index is 0.412. The highest BCUT2D eigenvalue weighted by molar-refractivity contribution is 5.73. The molecule has 2 unspecified atom stereocenters. The molecule has 0 aliphatic carbocycles. The fourth-order valence-electron chi connectivity index (χ4n) is 2.94. The first kappa shape index (κ1) is 16.2. The van der Waals surface area contributed by atoms with Gasteiger partial charge in [0, 0.05) is 0 Å². The summed E-state index contributed by atoms with van der Waals surface area (Å²) < 4.78 is 0. The zero-order chi connectivity index (χ0) is 17.8. The Balaban J connectivity index is 1.74. The van der Waals surface area contributed by atoms with E-state index in [9.17, 15) is 5.11 Å². The van der Waals surface area contributed by atoms with Crippen LogP contribution in [0.15, 0.2) is 91.0 Å². The van der Waals surface area contributed by atoms with Gasteiger partial charge in [-0.15, -0.1) is 0 Å². The molecule has 1 N–H and O–H groups in total. The number of hydrogen-bond donors (Lipinski definition) is 1. The molecule has 0 bridgehead atoms. The summed E-state index contributed by atoms with van der Waals surface area (Å²) in [6.07, 6.45) is 3.19. The predicted molar refractivity (Wildman–Crippen MR) is 103 cm³/mol. The van der Waals surface area contributed by atoms with E-state index in [0.29, 0.717) is 0 Å². The Hall–Kier alpha value is -3.24. The summed E-state index contributed by atoms with van der Waals surface area (Å²) in [6, 6.07) is 26.9. The molecule has 0 aliphatic rings. The van der Waals surface area contributed by atoms with E-state index in [0.717, 1.165) is 22.2 Å². The number of benzene rings is 3. The van der Waals surface area contributed by atoms with Crippen molar-refractivity contribution in [2.24, 2.45) is 0 Å². The maximum Gasteiger partial charge on any atom is 0.120 e. The van der Waals surface area contributed by atoms with Crippen LogP contribution in [0.5, 0.6) is 0 Å². The van der Waals surface area contributed by atoms with Crippen LogP contribution in [0.3, 0.4) is 0 Å². The first-order valence-corrected chi connectivity index (χ1v) is 8.59. The van der Waals surface area contributed by atoms with E-state index in [-0.39, 0.29) is 0 Å². The van der Waals surface area contributed by atoms with Crippen LogP contribution < -0.4 is 0 Å². The van der Waals surface area contributed by atoms with Gasteiger partial charge in [-0.1, -0.05) is 84.9 Å². The van der Waals surface area contributed by atoms with E-state index in [1.807, 2.05) is 97.1 Å². The number of aliphatic hydroxyl groups is 1. The number of nitrogens with zero attached hydrogens (tertiary/aromatic N) is 3. The third-order valence-electron chi connectivity index (χ3n) is 4.32. The van der Waals surface area contributed by atoms with Gasteiger partial charge in [-0.25, -0.2) is 0 Å². The molecule has 0 fully saturated rings. The molecule has 1 heterocycles. The van der Waals surface area contributed by atoms with E-state index in [2.05, 4.69) is 10.2 Å². The summed E-state index contributed by atoms with van der Waals surface area (Å²) >= 11 is 0. The standard InChI is InChI=1S/C22H19N3O/c26-22(18-11-5-2-6-12-18)21(16-15-17-9-3-1-4-10-17)25-23-19-13-7-8-14-20(19)24-25/h1-16,21-22,26H. The van der Waals surface area contributed by atoms with Gasteiger partial charge in [-0.3, -0.25) is 0 Å². The molecular formula is C22H19N3O. The molecule has 0 spiro atoms. The normalized spacial score (nSPS) is 13.9. The second-order valence-electron chi connectivity index (χ2n) is 6.13. The molecule has 0 aliphatic heterocycles. The Morgan fingerprint density at radius 2 is 1.27 bits per heavy atom. The lowest BCUT2D eigenvalue weighted by molar-refractivity contribution is 0.122. The fraction of sp³-hybridized carbons (Fsp3) is 0.0909. The highest BCUT2D eigenvalue weighted by Crippen LogP contribution is 2.28. The van der Waals surface area contributed by atoms with Gasteiger partial charge in [0.1, 0.15) is 23.2 Å². The molecule has 0 saturated heterocycles. The molecular weight excluding hydrogens is 322 g/mol. The van der Waals surface area contributed by atoms with Crippen LogP contribution in [0.4, 0.5) is 0 Å². The Bertz CT molecular complexity index is 976. The molecule has 2 atom stereocenters. The molecule has 128 valence electrons. The van der Waals surface area contributed by atoms with E-state index < -0.39 is 12.1 Å². The molecule has 0 amide bonds. The Kier molecular flexibility index (Phi) is 4.58. The summed E-state index contributed by atoms with van der Waals surface area (Å²) in [5.41, 5.74) is 3.52. The van der Waals surface area contributed by atoms with Crippen molar-refractivity contribution in [3.05, 3.63) is 102 Å². The van der Waals surface area contributed by atoms with Crippen molar-refractivity contribution >= 4 is 17.1 Å². The van der Waals surface area contributed by atoms with E-state index in [1.54, 1.807) is 4.80 Å². The minimum Gasteiger partial charge on any atom is -0.386 e. The van der Waals surface area contributed by atoms with Gasteiger partial charge in [0.15, 0.2) is 0 Å². The lowest BCUT2D eigenvalue weighted by Gasteiger charge is -2.19. The third kappa shape index (κ3) is 3.41. The van der Waals surface area contributed by atoms with E-state index in [4.69, 9.17) is 0 Å². The van der Waals surface area contributed by atoms with Crippen molar-refractivity contribution in [2.45, 2.75) is 12.1 Å². The van der Waals surface area contributed by atoms with Gasteiger partial charge in [0.2, 0.25) is 0 Å². The molecule has 0 saturated carbocycles. The highest BCUT2D eigenvalue weighted by atomic mass is 16.3. The van der Waals surface area contributed by atoms with E-state index in [1.165, 1.54) is 0 Å². The molecule has 4 aromatic rings. The van der Waals surface area contributed by atoms with Gasteiger partial charge in [0.05, 0.1) is 0 Å². The number of hydrogen-bond acceptors (Lipinski definition) is 3. The molecule has 1 aromatic heterocycles. The zero-order valence-electron chi connectivity index (χ0n) is 14.2. The molecule has 4 heteroatoms. The summed E-state index contributed by atoms with van der Waals surface area (Å²) in [7, 11) is 0. The van der Waals surface area contributed by atoms with Gasteiger partial charge < -0.3 is 5.11 Å². The maximum atomic E-state index is 11.0. The largest absolute Gasteiger partial charge is 0.386 e. The zero-order valence-corrected chi connectivity index (χ0v) is 14.2. The van der Waals surface area contributed by atoms with Crippen LogP contribution in [0.2, 0.25) is 0 Å². The summed E-state index contributed by atoms with van der Waals surface area (Å²) in [6.45, 7) is 0. The van der Waals surface area contributed by atoms with Crippen molar-refractivity contribution < 1.29 is 5.11 Å². The van der Waals surface area contributed by atoms with Crippen molar-refractivity contribution in [1.82, 2.24) is 15.0 Å². The van der Waals surface area contributed by atoms with Crippen molar-refractivity contribution in [2.75, 3.05) is 0 Å². The SMILES string of the molecule is OC(c1ccccc1)C(C=Cc1ccccc1)n1nc2ccccc2n1. The van der Waals surface area contributed by atoms with Crippen LogP contribution in [-0.2, 0) is 0 Å². The van der Waals surface area contributed by atoms with Crippen LogP contribution in [0.1, 0.15) is 23.3 Å².